The van der Waals surface area contributed by atoms with Gasteiger partial charge in [0.25, 0.3) is 0 Å². The fourth-order valence-electron chi connectivity index (χ4n) is 2.65. The number of ketones is 1. The highest BCUT2D eigenvalue weighted by Crippen LogP contribution is 2.32. The number of carbonyl (C=O) groups is 1. The molecule has 2 atom stereocenters. The van der Waals surface area contributed by atoms with E-state index in [0.717, 1.165) is 5.56 Å². The Kier molecular flexibility index (Phi) is 3.60. The maximum absolute atomic E-state index is 12.7. The SMILES string of the molecule is O=C(c1ccccc1)[C@H]1C=CC=C[C@@H]1c1ccccc1. The largest absolute Gasteiger partial charge is 0.293 e. The van der Waals surface area contributed by atoms with Gasteiger partial charge in [0.15, 0.2) is 5.78 Å². The van der Waals surface area contributed by atoms with Crippen molar-refractivity contribution in [2.24, 2.45) is 5.92 Å². The molecular formula is C19H16O. The number of benzene rings is 2. The van der Waals surface area contributed by atoms with Gasteiger partial charge in [0.1, 0.15) is 0 Å². The zero-order valence-electron chi connectivity index (χ0n) is 11.1. The Bertz CT molecular complexity index is 638. The minimum Gasteiger partial charge on any atom is -0.293 e. The first-order valence-corrected chi connectivity index (χ1v) is 6.85. The maximum Gasteiger partial charge on any atom is 0.170 e. The van der Waals surface area contributed by atoms with Crippen molar-refractivity contribution in [2.75, 3.05) is 0 Å². The molecule has 0 bridgehead atoms. The molecule has 0 saturated carbocycles. The van der Waals surface area contributed by atoms with Gasteiger partial charge in [-0.3, -0.25) is 4.79 Å². The van der Waals surface area contributed by atoms with Crippen molar-refractivity contribution in [1.82, 2.24) is 0 Å². The summed E-state index contributed by atoms with van der Waals surface area (Å²) in [5.74, 6) is 0.179. The van der Waals surface area contributed by atoms with Crippen molar-refractivity contribution in [3.8, 4) is 0 Å². The summed E-state index contributed by atoms with van der Waals surface area (Å²) < 4.78 is 0. The molecule has 0 amide bonds. The second-order valence-corrected chi connectivity index (χ2v) is 4.96. The molecule has 1 aliphatic rings. The highest BCUT2D eigenvalue weighted by Gasteiger charge is 2.27. The van der Waals surface area contributed by atoms with E-state index in [0.29, 0.717) is 0 Å². The highest BCUT2D eigenvalue weighted by molar-refractivity contribution is 5.99. The molecule has 0 saturated heterocycles. The van der Waals surface area contributed by atoms with Gasteiger partial charge < -0.3 is 0 Å². The van der Waals surface area contributed by atoms with E-state index in [1.807, 2.05) is 66.8 Å². The van der Waals surface area contributed by atoms with E-state index >= 15 is 0 Å². The number of hydrogen-bond acceptors (Lipinski definition) is 1. The topological polar surface area (TPSA) is 17.1 Å². The molecule has 2 aromatic rings. The standard InChI is InChI=1S/C19H16O/c20-19(16-11-5-2-6-12-16)18-14-8-7-13-17(18)15-9-3-1-4-10-15/h1-14,17-18H/t17-,18+/m1/s1. The Morgan fingerprint density at radius 2 is 1.35 bits per heavy atom. The van der Waals surface area contributed by atoms with Gasteiger partial charge in [-0.2, -0.15) is 0 Å². The van der Waals surface area contributed by atoms with Crippen LogP contribution >= 0.6 is 0 Å². The zero-order chi connectivity index (χ0) is 13.8. The lowest BCUT2D eigenvalue weighted by atomic mass is 9.79. The van der Waals surface area contributed by atoms with Crippen LogP contribution in [0.4, 0.5) is 0 Å². The second-order valence-electron chi connectivity index (χ2n) is 4.96. The Hall–Kier alpha value is -2.41. The Morgan fingerprint density at radius 1 is 0.750 bits per heavy atom. The fourth-order valence-corrected chi connectivity index (χ4v) is 2.65. The molecule has 20 heavy (non-hydrogen) atoms. The lowest BCUT2D eigenvalue weighted by Gasteiger charge is -2.23. The quantitative estimate of drug-likeness (QED) is 0.748. The summed E-state index contributed by atoms with van der Waals surface area (Å²) in [6.45, 7) is 0. The summed E-state index contributed by atoms with van der Waals surface area (Å²) in [4.78, 5) is 12.7. The average molecular weight is 260 g/mol. The van der Waals surface area contributed by atoms with E-state index in [2.05, 4.69) is 18.2 Å². The summed E-state index contributed by atoms with van der Waals surface area (Å²) >= 11 is 0. The van der Waals surface area contributed by atoms with Crippen molar-refractivity contribution in [3.63, 3.8) is 0 Å². The first kappa shape index (κ1) is 12.6. The van der Waals surface area contributed by atoms with Gasteiger partial charge >= 0.3 is 0 Å². The second kappa shape index (κ2) is 5.70. The molecule has 1 heteroatoms. The van der Waals surface area contributed by atoms with Crippen LogP contribution in [0.1, 0.15) is 21.8 Å². The molecule has 98 valence electrons. The molecule has 0 aromatic heterocycles. The fraction of sp³-hybridized carbons (Fsp3) is 0.105. The number of carbonyl (C=O) groups excluding carboxylic acids is 1. The van der Waals surface area contributed by atoms with E-state index in [1.54, 1.807) is 0 Å². The number of hydrogen-bond donors (Lipinski definition) is 0. The number of allylic oxidation sites excluding steroid dienone is 4. The molecule has 0 spiro atoms. The third-order valence-corrected chi connectivity index (χ3v) is 3.68. The van der Waals surface area contributed by atoms with Gasteiger partial charge in [0.05, 0.1) is 5.92 Å². The van der Waals surface area contributed by atoms with Gasteiger partial charge in [0.2, 0.25) is 0 Å². The van der Waals surface area contributed by atoms with Crippen LogP contribution in [0.5, 0.6) is 0 Å². The minimum atomic E-state index is -0.121. The lowest BCUT2D eigenvalue weighted by Crippen LogP contribution is -2.21. The normalized spacial score (nSPS) is 20.8. The van der Waals surface area contributed by atoms with Crippen LogP contribution in [0.15, 0.2) is 85.0 Å². The monoisotopic (exact) mass is 260 g/mol. The molecule has 0 aliphatic heterocycles. The first-order chi connectivity index (χ1) is 9.86. The zero-order valence-corrected chi connectivity index (χ0v) is 11.1. The summed E-state index contributed by atoms with van der Waals surface area (Å²) in [5.41, 5.74) is 1.96. The van der Waals surface area contributed by atoms with E-state index in [9.17, 15) is 4.79 Å². The molecule has 0 heterocycles. The Balaban J connectivity index is 1.93. The molecule has 2 aromatic carbocycles. The van der Waals surface area contributed by atoms with Gasteiger partial charge in [-0.15, -0.1) is 0 Å². The highest BCUT2D eigenvalue weighted by atomic mass is 16.1. The van der Waals surface area contributed by atoms with Crippen molar-refractivity contribution < 1.29 is 4.79 Å². The van der Waals surface area contributed by atoms with Crippen molar-refractivity contribution in [3.05, 3.63) is 96.1 Å². The summed E-state index contributed by atoms with van der Waals surface area (Å²) in [6.07, 6.45) is 8.10. The van der Waals surface area contributed by atoms with Crippen molar-refractivity contribution in [1.29, 1.82) is 0 Å². The molecular weight excluding hydrogens is 244 g/mol. The van der Waals surface area contributed by atoms with Gasteiger partial charge in [-0.25, -0.2) is 0 Å². The predicted molar refractivity (Wildman–Crippen MR) is 81.7 cm³/mol. The van der Waals surface area contributed by atoms with Crippen LogP contribution in [-0.4, -0.2) is 5.78 Å². The third-order valence-electron chi connectivity index (χ3n) is 3.68. The van der Waals surface area contributed by atoms with Crippen LogP contribution in [0.2, 0.25) is 0 Å². The molecule has 1 nitrogen and oxygen atoms in total. The van der Waals surface area contributed by atoms with Crippen LogP contribution in [-0.2, 0) is 0 Å². The Labute approximate surface area is 119 Å². The first-order valence-electron chi connectivity index (χ1n) is 6.85. The van der Waals surface area contributed by atoms with E-state index in [1.165, 1.54) is 5.56 Å². The predicted octanol–water partition coefficient (Wildman–Crippen LogP) is 4.40. The van der Waals surface area contributed by atoms with Crippen LogP contribution < -0.4 is 0 Å². The summed E-state index contributed by atoms with van der Waals surface area (Å²) in [5, 5.41) is 0. The number of Topliss-reactive ketones (excluding diaryl/α,β-unsaturated/α-hetero) is 1. The van der Waals surface area contributed by atoms with Crippen LogP contribution in [0, 0.1) is 5.92 Å². The summed E-state index contributed by atoms with van der Waals surface area (Å²) in [6, 6.07) is 19.7. The third kappa shape index (κ3) is 2.48. The van der Waals surface area contributed by atoms with Gasteiger partial charge in [-0.1, -0.05) is 85.0 Å². The molecule has 3 rings (SSSR count). The lowest BCUT2D eigenvalue weighted by molar-refractivity contribution is 0.0937. The van der Waals surface area contributed by atoms with E-state index in [4.69, 9.17) is 0 Å². The van der Waals surface area contributed by atoms with Crippen molar-refractivity contribution in [2.45, 2.75) is 5.92 Å². The van der Waals surface area contributed by atoms with Crippen molar-refractivity contribution >= 4 is 5.78 Å². The maximum atomic E-state index is 12.7. The van der Waals surface area contributed by atoms with Crippen LogP contribution in [0.3, 0.4) is 0 Å². The smallest absolute Gasteiger partial charge is 0.170 e. The van der Waals surface area contributed by atoms with Gasteiger partial charge in [-0.05, 0) is 5.56 Å². The number of rotatable bonds is 3. The molecule has 0 fully saturated rings. The van der Waals surface area contributed by atoms with Gasteiger partial charge in [0, 0.05) is 11.5 Å². The molecule has 1 aliphatic carbocycles. The minimum absolute atomic E-state index is 0.119. The Morgan fingerprint density at radius 3 is 2.05 bits per heavy atom. The van der Waals surface area contributed by atoms with E-state index in [-0.39, 0.29) is 17.6 Å². The molecule has 0 unspecified atom stereocenters. The van der Waals surface area contributed by atoms with Crippen LogP contribution in [0.25, 0.3) is 0 Å². The van der Waals surface area contributed by atoms with E-state index < -0.39 is 0 Å². The molecule has 0 radical (unpaired) electrons. The molecule has 0 N–H and O–H groups in total. The summed E-state index contributed by atoms with van der Waals surface area (Å²) in [7, 11) is 0. The average Bonchev–Trinajstić information content (AvgIpc) is 2.56.